The second-order valence-corrected chi connectivity index (χ2v) is 7.92. The van der Waals surface area contributed by atoms with Crippen molar-refractivity contribution in [2.45, 2.75) is 32.0 Å². The van der Waals surface area contributed by atoms with Crippen LogP contribution >= 0.6 is 11.6 Å². The lowest BCUT2D eigenvalue weighted by atomic mass is 9.85. The molecular weight excluding hydrogens is 440 g/mol. The van der Waals surface area contributed by atoms with Crippen molar-refractivity contribution in [3.8, 4) is 11.5 Å². The number of methoxy groups -OCH3 is 1. The van der Waals surface area contributed by atoms with Gasteiger partial charge in [-0.2, -0.15) is 5.10 Å². The lowest BCUT2D eigenvalue weighted by Crippen LogP contribution is -2.43. The van der Waals surface area contributed by atoms with Crippen molar-refractivity contribution < 1.29 is 19.4 Å². The molecule has 0 heterocycles. The number of hydrazone groups is 1. The monoisotopic (exact) mass is 466 g/mol. The minimum absolute atomic E-state index is 0.0242. The van der Waals surface area contributed by atoms with Crippen LogP contribution in [0.2, 0.25) is 5.02 Å². The molecule has 33 heavy (non-hydrogen) atoms. The van der Waals surface area contributed by atoms with E-state index >= 15 is 0 Å². The minimum Gasteiger partial charge on any atom is -0.493 e. The number of nitrogens with zero attached hydrogens (tertiary/aromatic N) is 1. The van der Waals surface area contributed by atoms with Gasteiger partial charge in [0.15, 0.2) is 17.1 Å². The van der Waals surface area contributed by atoms with E-state index in [9.17, 15) is 9.90 Å². The van der Waals surface area contributed by atoms with Crippen molar-refractivity contribution >= 4 is 23.7 Å². The van der Waals surface area contributed by atoms with E-state index in [1.807, 2.05) is 26.0 Å². The highest BCUT2D eigenvalue weighted by Crippen LogP contribution is 2.37. The number of rotatable bonds is 9. The van der Waals surface area contributed by atoms with E-state index in [0.717, 1.165) is 6.42 Å². The molecule has 0 aliphatic rings. The summed E-state index contributed by atoms with van der Waals surface area (Å²) in [5.41, 5.74) is 1.99. The van der Waals surface area contributed by atoms with Crippen molar-refractivity contribution in [3.63, 3.8) is 0 Å². The third-order valence-electron chi connectivity index (χ3n) is 5.24. The molecule has 3 aromatic carbocycles. The van der Waals surface area contributed by atoms with Crippen molar-refractivity contribution in [2.75, 3.05) is 7.11 Å². The van der Waals surface area contributed by atoms with Gasteiger partial charge in [-0.05, 0) is 42.2 Å². The van der Waals surface area contributed by atoms with E-state index in [1.165, 1.54) is 13.3 Å². The number of nitrogens with one attached hydrogen (secondary N) is 1. The first-order chi connectivity index (χ1) is 15.9. The van der Waals surface area contributed by atoms with Crippen molar-refractivity contribution in [2.24, 2.45) is 5.10 Å². The Bertz CT molecular complexity index is 1060. The fourth-order valence-electron chi connectivity index (χ4n) is 3.25. The summed E-state index contributed by atoms with van der Waals surface area (Å²) in [6.07, 6.45) is 2.22. The van der Waals surface area contributed by atoms with E-state index in [-0.39, 0.29) is 6.10 Å². The van der Waals surface area contributed by atoms with Gasteiger partial charge in [-0.25, -0.2) is 5.43 Å². The molecule has 3 rings (SSSR count). The molecule has 1 atom stereocenters. The Balaban J connectivity index is 1.85. The molecule has 0 bridgehead atoms. The van der Waals surface area contributed by atoms with Gasteiger partial charge in [-0.1, -0.05) is 79.2 Å². The van der Waals surface area contributed by atoms with Gasteiger partial charge in [-0.3, -0.25) is 4.79 Å². The molecule has 0 aromatic heterocycles. The van der Waals surface area contributed by atoms with Crippen molar-refractivity contribution in [1.29, 1.82) is 0 Å². The molecule has 2 N–H and O–H groups in total. The zero-order chi connectivity index (χ0) is 23.8. The lowest BCUT2D eigenvalue weighted by molar-refractivity contribution is -0.136. The average Bonchev–Trinajstić information content (AvgIpc) is 2.85. The van der Waals surface area contributed by atoms with E-state index in [1.54, 1.807) is 60.7 Å². The summed E-state index contributed by atoms with van der Waals surface area (Å²) in [7, 11) is 1.53. The molecule has 0 aliphatic heterocycles. The second kappa shape index (κ2) is 11.0. The number of amides is 1. The molecule has 3 aromatic rings. The molecule has 172 valence electrons. The number of aliphatic hydroxyl groups is 1. The average molecular weight is 467 g/mol. The third kappa shape index (κ3) is 5.53. The van der Waals surface area contributed by atoms with Gasteiger partial charge < -0.3 is 14.6 Å². The summed E-state index contributed by atoms with van der Waals surface area (Å²) >= 11 is 6.39. The van der Waals surface area contributed by atoms with Crippen LogP contribution in [-0.2, 0) is 10.4 Å². The number of halogens is 1. The standard InChI is InChI=1S/C26H27ClN2O4/c1-4-18(2)33-24-22(27)15-19(16-23(24)32-3)17-28-29-25(30)26(31,20-11-7-5-8-12-20)21-13-9-6-10-14-21/h5-18,31H,4H2,1-3H3,(H,29,30)/b28-17-/t18-/m1/s1. The SMILES string of the molecule is CC[C@@H](C)Oc1c(Cl)cc(/C=N\NC(=O)C(O)(c2ccccc2)c2ccccc2)cc1OC. The summed E-state index contributed by atoms with van der Waals surface area (Å²) in [5, 5.41) is 15.9. The van der Waals surface area contributed by atoms with Crippen LogP contribution in [0.5, 0.6) is 11.5 Å². The normalized spacial score (nSPS) is 12.4. The Morgan fingerprint density at radius 1 is 1.12 bits per heavy atom. The van der Waals surface area contributed by atoms with Gasteiger partial charge in [0.2, 0.25) is 0 Å². The van der Waals surface area contributed by atoms with E-state index in [0.29, 0.717) is 33.2 Å². The summed E-state index contributed by atoms with van der Waals surface area (Å²) in [4.78, 5) is 13.1. The van der Waals surface area contributed by atoms with Gasteiger partial charge in [0.25, 0.3) is 5.91 Å². The molecule has 6 nitrogen and oxygen atoms in total. The first-order valence-corrected chi connectivity index (χ1v) is 11.0. The molecule has 0 spiro atoms. The lowest BCUT2D eigenvalue weighted by Gasteiger charge is -2.27. The first kappa shape index (κ1) is 24.3. The molecule has 0 unspecified atom stereocenters. The first-order valence-electron chi connectivity index (χ1n) is 10.6. The van der Waals surface area contributed by atoms with Crippen LogP contribution in [0.25, 0.3) is 0 Å². The Morgan fingerprint density at radius 2 is 1.70 bits per heavy atom. The molecule has 0 radical (unpaired) electrons. The van der Waals surface area contributed by atoms with Gasteiger partial charge in [0.05, 0.1) is 24.5 Å². The highest BCUT2D eigenvalue weighted by atomic mass is 35.5. The summed E-state index contributed by atoms with van der Waals surface area (Å²) in [6.45, 7) is 3.96. The molecular formula is C26H27ClN2O4. The summed E-state index contributed by atoms with van der Waals surface area (Å²) < 4.78 is 11.3. The third-order valence-corrected chi connectivity index (χ3v) is 5.52. The van der Waals surface area contributed by atoms with Crippen LogP contribution in [0.1, 0.15) is 37.0 Å². The van der Waals surface area contributed by atoms with E-state index < -0.39 is 11.5 Å². The van der Waals surface area contributed by atoms with Crippen LogP contribution < -0.4 is 14.9 Å². The van der Waals surface area contributed by atoms with Crippen LogP contribution in [0.3, 0.4) is 0 Å². The zero-order valence-corrected chi connectivity index (χ0v) is 19.5. The maximum Gasteiger partial charge on any atom is 0.281 e. The molecule has 0 aliphatic carbocycles. The summed E-state index contributed by atoms with van der Waals surface area (Å²) in [6, 6.07) is 20.8. The fourth-order valence-corrected chi connectivity index (χ4v) is 3.51. The highest BCUT2D eigenvalue weighted by Gasteiger charge is 2.39. The number of hydrogen-bond acceptors (Lipinski definition) is 5. The maximum atomic E-state index is 13.1. The molecule has 0 saturated carbocycles. The Labute approximate surface area is 198 Å². The molecule has 1 amide bonds. The van der Waals surface area contributed by atoms with Crippen LogP contribution in [0.4, 0.5) is 0 Å². The minimum atomic E-state index is -1.91. The zero-order valence-electron chi connectivity index (χ0n) is 18.8. The van der Waals surface area contributed by atoms with Gasteiger partial charge in [0.1, 0.15) is 0 Å². The number of benzene rings is 3. The molecule has 7 heteroatoms. The van der Waals surface area contributed by atoms with Gasteiger partial charge in [0, 0.05) is 0 Å². The predicted molar refractivity (Wildman–Crippen MR) is 130 cm³/mol. The second-order valence-electron chi connectivity index (χ2n) is 7.51. The number of ether oxygens (including phenoxy) is 2. The van der Waals surface area contributed by atoms with Crippen molar-refractivity contribution in [1.82, 2.24) is 5.43 Å². The number of hydrogen-bond donors (Lipinski definition) is 2. The smallest absolute Gasteiger partial charge is 0.281 e. The quantitative estimate of drug-likeness (QED) is 0.347. The highest BCUT2D eigenvalue weighted by molar-refractivity contribution is 6.32. The maximum absolute atomic E-state index is 13.1. The largest absolute Gasteiger partial charge is 0.493 e. The van der Waals surface area contributed by atoms with Crippen molar-refractivity contribution in [3.05, 3.63) is 94.5 Å². The number of carbonyl (C=O) groups excluding carboxylic acids is 1. The van der Waals surface area contributed by atoms with Gasteiger partial charge in [-0.15, -0.1) is 0 Å². The van der Waals surface area contributed by atoms with E-state index in [2.05, 4.69) is 10.5 Å². The number of carbonyl (C=O) groups is 1. The molecule has 0 fully saturated rings. The Morgan fingerprint density at radius 3 is 2.21 bits per heavy atom. The fraction of sp³-hybridized carbons (Fsp3) is 0.231. The van der Waals surface area contributed by atoms with Crippen LogP contribution in [0, 0.1) is 0 Å². The topological polar surface area (TPSA) is 80.2 Å². The molecule has 0 saturated heterocycles. The summed E-state index contributed by atoms with van der Waals surface area (Å²) in [5.74, 6) is 0.226. The van der Waals surface area contributed by atoms with Gasteiger partial charge >= 0.3 is 0 Å². The predicted octanol–water partition coefficient (Wildman–Crippen LogP) is 4.91. The van der Waals surface area contributed by atoms with Crippen LogP contribution in [-0.4, -0.2) is 30.4 Å². The Kier molecular flexibility index (Phi) is 8.09. The van der Waals surface area contributed by atoms with Crippen LogP contribution in [0.15, 0.2) is 77.9 Å². The Hall–Kier alpha value is -3.35. The van der Waals surface area contributed by atoms with E-state index in [4.69, 9.17) is 21.1 Å².